The van der Waals surface area contributed by atoms with Gasteiger partial charge in [-0.25, -0.2) is 9.37 Å². The topological polar surface area (TPSA) is 36.7 Å². The van der Waals surface area contributed by atoms with Gasteiger partial charge in [0.1, 0.15) is 17.6 Å². The fourth-order valence-electron chi connectivity index (χ4n) is 2.11. The van der Waals surface area contributed by atoms with Gasteiger partial charge < -0.3 is 0 Å². The van der Waals surface area contributed by atoms with Crippen LogP contribution in [0.3, 0.4) is 0 Å². The molecule has 0 aliphatic heterocycles. The summed E-state index contributed by atoms with van der Waals surface area (Å²) in [5, 5.41) is 8.91. The first kappa shape index (κ1) is 16.4. The van der Waals surface area contributed by atoms with Crippen LogP contribution >= 0.6 is 0 Å². The molecule has 3 heteroatoms. The van der Waals surface area contributed by atoms with E-state index in [-0.39, 0.29) is 17.2 Å². The Balaban J connectivity index is 2.85. The molecule has 20 heavy (non-hydrogen) atoms. The van der Waals surface area contributed by atoms with E-state index in [1.54, 1.807) is 6.07 Å². The zero-order valence-corrected chi connectivity index (χ0v) is 13.0. The van der Waals surface area contributed by atoms with Crippen LogP contribution in [0.25, 0.3) is 0 Å². The van der Waals surface area contributed by atoms with Crippen LogP contribution in [0.1, 0.15) is 58.8 Å². The second kappa shape index (κ2) is 6.65. The smallest absolute Gasteiger partial charge is 0.140 e. The SMILES string of the molecule is C/C(CCC(C)(C)c1cccc(C#N)n1)=C(/F)C(C)C. The molecule has 0 N–H and O–H groups in total. The standard InChI is InChI=1S/C17H23FN2/c1-12(2)16(18)13(3)9-10-17(4,5)15-8-6-7-14(11-19)20-15/h6-8,12H,9-10H2,1-5H3/b16-13-. The van der Waals surface area contributed by atoms with E-state index in [0.717, 1.165) is 17.7 Å². The van der Waals surface area contributed by atoms with Crippen molar-refractivity contribution in [2.45, 2.75) is 52.9 Å². The number of hydrogen-bond donors (Lipinski definition) is 0. The monoisotopic (exact) mass is 274 g/mol. The molecule has 0 bridgehead atoms. The van der Waals surface area contributed by atoms with Crippen LogP contribution in [0, 0.1) is 17.2 Å². The summed E-state index contributed by atoms with van der Waals surface area (Å²) in [6.07, 6.45) is 1.51. The maximum absolute atomic E-state index is 13.8. The quantitative estimate of drug-likeness (QED) is 0.764. The van der Waals surface area contributed by atoms with E-state index in [0.29, 0.717) is 12.1 Å². The van der Waals surface area contributed by atoms with Crippen molar-refractivity contribution >= 4 is 0 Å². The van der Waals surface area contributed by atoms with Gasteiger partial charge in [0.2, 0.25) is 0 Å². The molecule has 1 aromatic rings. The lowest BCUT2D eigenvalue weighted by Gasteiger charge is -2.24. The Kier molecular flexibility index (Phi) is 5.44. The summed E-state index contributed by atoms with van der Waals surface area (Å²) in [7, 11) is 0. The van der Waals surface area contributed by atoms with Gasteiger partial charge in [-0.05, 0) is 37.5 Å². The van der Waals surface area contributed by atoms with Gasteiger partial charge in [0.05, 0.1) is 0 Å². The number of halogens is 1. The molecule has 0 fully saturated rings. The van der Waals surface area contributed by atoms with E-state index in [1.807, 2.05) is 32.9 Å². The lowest BCUT2D eigenvalue weighted by molar-refractivity contribution is 0.449. The fraction of sp³-hybridized carbons (Fsp3) is 0.529. The van der Waals surface area contributed by atoms with Gasteiger partial charge in [-0.15, -0.1) is 0 Å². The number of rotatable bonds is 5. The Labute approximate surface area is 121 Å². The third kappa shape index (κ3) is 4.16. The average Bonchev–Trinajstić information content (AvgIpc) is 2.43. The molecule has 1 aromatic heterocycles. The number of pyridine rings is 1. The van der Waals surface area contributed by atoms with Crippen LogP contribution < -0.4 is 0 Å². The van der Waals surface area contributed by atoms with Crippen LogP contribution in [0.15, 0.2) is 29.6 Å². The Hall–Kier alpha value is -1.69. The lowest BCUT2D eigenvalue weighted by Crippen LogP contribution is -2.19. The minimum absolute atomic E-state index is 0.0143. The molecule has 0 amide bonds. The predicted octanol–water partition coefficient (Wildman–Crippen LogP) is 4.91. The van der Waals surface area contributed by atoms with Crippen LogP contribution in [-0.4, -0.2) is 4.98 Å². The maximum Gasteiger partial charge on any atom is 0.140 e. The van der Waals surface area contributed by atoms with Crippen molar-refractivity contribution in [2.24, 2.45) is 5.92 Å². The first-order chi connectivity index (χ1) is 9.27. The molecule has 0 atom stereocenters. The van der Waals surface area contributed by atoms with E-state index in [1.165, 1.54) is 0 Å². The first-order valence-corrected chi connectivity index (χ1v) is 7.00. The summed E-state index contributed by atoms with van der Waals surface area (Å²) >= 11 is 0. The van der Waals surface area contributed by atoms with Crippen molar-refractivity contribution in [3.8, 4) is 6.07 Å². The third-order valence-electron chi connectivity index (χ3n) is 3.60. The summed E-state index contributed by atoms with van der Waals surface area (Å²) in [4.78, 5) is 4.35. The third-order valence-corrected chi connectivity index (χ3v) is 3.60. The van der Waals surface area contributed by atoms with Crippen molar-refractivity contribution in [1.82, 2.24) is 4.98 Å². The summed E-state index contributed by atoms with van der Waals surface area (Å²) in [5.41, 5.74) is 1.95. The van der Waals surface area contributed by atoms with Crippen LogP contribution in [0.4, 0.5) is 4.39 Å². The minimum atomic E-state index is -0.175. The van der Waals surface area contributed by atoms with Gasteiger partial charge in [0, 0.05) is 17.0 Å². The maximum atomic E-state index is 13.8. The molecular formula is C17H23FN2. The highest BCUT2D eigenvalue weighted by Crippen LogP contribution is 2.30. The van der Waals surface area contributed by atoms with E-state index < -0.39 is 0 Å². The molecule has 0 unspecified atom stereocenters. The first-order valence-electron chi connectivity index (χ1n) is 7.00. The molecule has 1 rings (SSSR count). The Morgan fingerprint density at radius 2 is 2.05 bits per heavy atom. The van der Waals surface area contributed by atoms with Crippen LogP contribution in [-0.2, 0) is 5.41 Å². The fourth-order valence-corrected chi connectivity index (χ4v) is 2.11. The number of nitriles is 1. The summed E-state index contributed by atoms with van der Waals surface area (Å²) in [5.74, 6) is -0.0716. The molecule has 0 saturated carbocycles. The molecule has 2 nitrogen and oxygen atoms in total. The van der Waals surface area contributed by atoms with Crippen molar-refractivity contribution in [3.63, 3.8) is 0 Å². The van der Waals surface area contributed by atoms with Crippen LogP contribution in [0.5, 0.6) is 0 Å². The molecule has 1 heterocycles. The minimum Gasteiger partial charge on any atom is -0.242 e. The molecule has 0 aliphatic rings. The molecule has 0 radical (unpaired) electrons. The number of allylic oxidation sites excluding steroid dienone is 2. The van der Waals surface area contributed by atoms with Gasteiger partial charge >= 0.3 is 0 Å². The predicted molar refractivity (Wildman–Crippen MR) is 79.9 cm³/mol. The zero-order valence-electron chi connectivity index (χ0n) is 13.0. The second-order valence-electron chi connectivity index (χ2n) is 6.19. The molecular weight excluding hydrogens is 251 g/mol. The van der Waals surface area contributed by atoms with Gasteiger partial charge in [-0.2, -0.15) is 5.26 Å². The number of aromatic nitrogens is 1. The van der Waals surface area contributed by atoms with E-state index in [2.05, 4.69) is 24.9 Å². The molecule has 108 valence electrons. The highest BCUT2D eigenvalue weighted by atomic mass is 19.1. The highest BCUT2D eigenvalue weighted by Gasteiger charge is 2.23. The van der Waals surface area contributed by atoms with Gasteiger partial charge in [0.15, 0.2) is 0 Å². The Bertz CT molecular complexity index is 536. The summed E-state index contributed by atoms with van der Waals surface area (Å²) in [6, 6.07) is 7.53. The summed E-state index contributed by atoms with van der Waals surface area (Å²) < 4.78 is 13.8. The van der Waals surface area contributed by atoms with Crippen molar-refractivity contribution < 1.29 is 4.39 Å². The normalized spacial score (nSPS) is 13.1. The molecule has 0 saturated heterocycles. The van der Waals surface area contributed by atoms with Crippen molar-refractivity contribution in [1.29, 1.82) is 5.26 Å². The van der Waals surface area contributed by atoms with Gasteiger partial charge in [-0.1, -0.05) is 33.8 Å². The molecule has 0 aliphatic carbocycles. The van der Waals surface area contributed by atoms with E-state index >= 15 is 0 Å². The van der Waals surface area contributed by atoms with E-state index in [9.17, 15) is 4.39 Å². The Morgan fingerprint density at radius 3 is 2.60 bits per heavy atom. The zero-order chi connectivity index (χ0) is 15.3. The van der Waals surface area contributed by atoms with Crippen LogP contribution in [0.2, 0.25) is 0 Å². The van der Waals surface area contributed by atoms with Gasteiger partial charge in [0.25, 0.3) is 0 Å². The summed E-state index contributed by atoms with van der Waals surface area (Å²) in [6.45, 7) is 9.74. The highest BCUT2D eigenvalue weighted by molar-refractivity contribution is 5.26. The molecule has 0 spiro atoms. The second-order valence-corrected chi connectivity index (χ2v) is 6.19. The number of nitrogens with zero attached hydrogens (tertiary/aromatic N) is 2. The largest absolute Gasteiger partial charge is 0.242 e. The van der Waals surface area contributed by atoms with Gasteiger partial charge in [-0.3, -0.25) is 0 Å². The molecule has 0 aromatic carbocycles. The van der Waals surface area contributed by atoms with E-state index in [4.69, 9.17) is 5.26 Å². The van der Waals surface area contributed by atoms with Crippen molar-refractivity contribution in [2.75, 3.05) is 0 Å². The number of hydrogen-bond acceptors (Lipinski definition) is 2. The van der Waals surface area contributed by atoms with Crippen molar-refractivity contribution in [3.05, 3.63) is 41.0 Å². The Morgan fingerprint density at radius 1 is 1.40 bits per heavy atom. The lowest BCUT2D eigenvalue weighted by atomic mass is 9.82. The average molecular weight is 274 g/mol.